The molecule has 0 bridgehead atoms. The third kappa shape index (κ3) is 4.17. The summed E-state index contributed by atoms with van der Waals surface area (Å²) in [6.45, 7) is 0. The number of hydrogen-bond donors (Lipinski definition) is 0. The molecule has 0 aliphatic rings. The minimum absolute atomic E-state index is 0.830. The topological polar surface area (TPSA) is 35.6 Å². The highest BCUT2D eigenvalue weighted by Crippen LogP contribution is 2.41. The van der Waals surface area contributed by atoms with E-state index in [-0.39, 0.29) is 0 Å². The van der Waals surface area contributed by atoms with Crippen molar-refractivity contribution in [3.8, 4) is 22.8 Å². The fourth-order valence-electron chi connectivity index (χ4n) is 8.48. The summed E-state index contributed by atoms with van der Waals surface area (Å²) in [5.74, 6) is 0.830. The zero-order valence-corrected chi connectivity index (χ0v) is 29.2. The molecule has 53 heavy (non-hydrogen) atoms. The van der Waals surface area contributed by atoms with E-state index in [2.05, 4.69) is 167 Å². The Morgan fingerprint density at radius 3 is 1.74 bits per heavy atom. The fourth-order valence-corrected chi connectivity index (χ4v) is 9.63. The van der Waals surface area contributed by atoms with Gasteiger partial charge in [0.15, 0.2) is 5.82 Å². The zero-order valence-electron chi connectivity index (χ0n) is 28.4. The minimum atomic E-state index is 0.830. The molecular formula is C48H28N4S. The van der Waals surface area contributed by atoms with E-state index >= 15 is 0 Å². The molecule has 0 amide bonds. The quantitative estimate of drug-likeness (QED) is 0.185. The lowest BCUT2D eigenvalue weighted by molar-refractivity contribution is 1.08. The Hall–Kier alpha value is -6.82. The largest absolute Gasteiger partial charge is 0.309 e. The molecular weight excluding hydrogens is 665 g/mol. The summed E-state index contributed by atoms with van der Waals surface area (Å²) in [6.07, 6.45) is 0. The summed E-state index contributed by atoms with van der Waals surface area (Å²) < 4.78 is 7.26. The summed E-state index contributed by atoms with van der Waals surface area (Å²) in [6, 6.07) is 61.2. The van der Waals surface area contributed by atoms with Gasteiger partial charge in [0.1, 0.15) is 5.69 Å². The number of para-hydroxylation sites is 5. The van der Waals surface area contributed by atoms with Crippen molar-refractivity contribution in [2.75, 3.05) is 0 Å². The van der Waals surface area contributed by atoms with E-state index in [9.17, 15) is 0 Å². The van der Waals surface area contributed by atoms with Crippen LogP contribution in [0.3, 0.4) is 0 Å². The van der Waals surface area contributed by atoms with Crippen LogP contribution in [-0.2, 0) is 0 Å². The van der Waals surface area contributed by atoms with Crippen LogP contribution in [0.5, 0.6) is 0 Å². The first-order valence-electron chi connectivity index (χ1n) is 17.9. The molecule has 12 aromatic rings. The number of nitrogens with zero attached hydrogens (tertiary/aromatic N) is 4. The average Bonchev–Trinajstić information content (AvgIpc) is 3.86. The number of fused-ring (bicyclic) bond motifs is 11. The molecule has 0 N–H and O–H groups in total. The lowest BCUT2D eigenvalue weighted by Crippen LogP contribution is -2.03. The van der Waals surface area contributed by atoms with Crippen LogP contribution >= 0.6 is 11.3 Å². The van der Waals surface area contributed by atoms with E-state index in [0.29, 0.717) is 0 Å². The number of rotatable bonds is 3. The van der Waals surface area contributed by atoms with Crippen molar-refractivity contribution in [1.29, 1.82) is 0 Å². The standard InChI is InChI=1S/C48H28N4S/c1-7-17-41-33(11-1)34-12-2-8-18-42(34)51(41)32-23-21-29-27-44-38(26-31(29)25-32)35-13-3-9-19-43(35)52(44)48-47(49-39-15-5-6-16-40(39)50-48)30-22-24-37-36-14-4-10-20-45(36)53-46(37)28-30/h1-28H. The number of hydrogen-bond acceptors (Lipinski definition) is 3. The van der Waals surface area contributed by atoms with Gasteiger partial charge in [-0.15, -0.1) is 11.3 Å². The first-order chi connectivity index (χ1) is 26.3. The molecule has 4 heterocycles. The second kappa shape index (κ2) is 10.8. The Bertz CT molecular complexity index is 3420. The number of aromatic nitrogens is 4. The third-order valence-electron chi connectivity index (χ3n) is 10.9. The Labute approximate surface area is 307 Å². The van der Waals surface area contributed by atoms with E-state index in [4.69, 9.17) is 9.97 Å². The molecule has 0 saturated carbocycles. The molecule has 0 unspecified atom stereocenters. The Balaban J connectivity index is 1.12. The van der Waals surface area contributed by atoms with Crippen molar-refractivity contribution in [3.63, 3.8) is 0 Å². The van der Waals surface area contributed by atoms with Crippen LogP contribution in [0, 0.1) is 0 Å². The average molecular weight is 693 g/mol. The van der Waals surface area contributed by atoms with Crippen LogP contribution in [-0.4, -0.2) is 19.1 Å². The maximum Gasteiger partial charge on any atom is 0.165 e. The van der Waals surface area contributed by atoms with Crippen molar-refractivity contribution in [2.24, 2.45) is 0 Å². The SMILES string of the molecule is c1ccc2nc(-n3c4ccccc4c4cc5cc(-n6c7ccccc7c7ccccc76)ccc5cc43)c(-c3ccc4c(c3)sc3ccccc34)nc2c1. The number of thiophene rings is 1. The van der Waals surface area contributed by atoms with Crippen LogP contribution in [0.2, 0.25) is 0 Å². The van der Waals surface area contributed by atoms with Crippen LogP contribution in [0.1, 0.15) is 0 Å². The molecule has 0 aliphatic heterocycles. The Morgan fingerprint density at radius 2 is 0.981 bits per heavy atom. The van der Waals surface area contributed by atoms with Crippen LogP contribution in [0.4, 0.5) is 0 Å². The van der Waals surface area contributed by atoms with E-state index < -0.39 is 0 Å². The van der Waals surface area contributed by atoms with Gasteiger partial charge in [-0.1, -0.05) is 103 Å². The summed E-state index contributed by atoms with van der Waals surface area (Å²) in [4.78, 5) is 10.7. The van der Waals surface area contributed by atoms with Gasteiger partial charge in [-0.3, -0.25) is 4.57 Å². The molecule has 4 aromatic heterocycles. The first-order valence-corrected chi connectivity index (χ1v) is 18.7. The van der Waals surface area contributed by atoms with Gasteiger partial charge < -0.3 is 4.57 Å². The van der Waals surface area contributed by atoms with Gasteiger partial charge in [0.2, 0.25) is 0 Å². The van der Waals surface area contributed by atoms with Gasteiger partial charge in [0.25, 0.3) is 0 Å². The van der Waals surface area contributed by atoms with E-state index in [0.717, 1.165) is 44.8 Å². The van der Waals surface area contributed by atoms with Crippen molar-refractivity contribution >= 4 is 96.9 Å². The lowest BCUT2D eigenvalue weighted by atomic mass is 10.0. The predicted octanol–water partition coefficient (Wildman–Crippen LogP) is 13.0. The predicted molar refractivity (Wildman–Crippen MR) is 224 cm³/mol. The van der Waals surface area contributed by atoms with Crippen LogP contribution < -0.4 is 0 Å². The Kier molecular flexibility index (Phi) is 5.90. The second-order valence-corrected chi connectivity index (χ2v) is 14.9. The second-order valence-electron chi connectivity index (χ2n) is 13.8. The smallest absolute Gasteiger partial charge is 0.165 e. The summed E-state index contributed by atoms with van der Waals surface area (Å²) in [5, 5.41) is 9.84. The molecule has 0 spiro atoms. The monoisotopic (exact) mass is 692 g/mol. The van der Waals surface area contributed by atoms with Gasteiger partial charge in [-0.05, 0) is 77.5 Å². The molecule has 246 valence electrons. The zero-order chi connectivity index (χ0) is 34.6. The van der Waals surface area contributed by atoms with E-state index in [1.54, 1.807) is 0 Å². The Morgan fingerprint density at radius 1 is 0.377 bits per heavy atom. The summed E-state index contributed by atoms with van der Waals surface area (Å²) in [5.41, 5.74) is 9.46. The first kappa shape index (κ1) is 28.8. The van der Waals surface area contributed by atoms with Gasteiger partial charge in [-0.25, -0.2) is 9.97 Å². The summed E-state index contributed by atoms with van der Waals surface area (Å²) in [7, 11) is 0. The van der Waals surface area contributed by atoms with Crippen molar-refractivity contribution < 1.29 is 0 Å². The maximum absolute atomic E-state index is 5.40. The molecule has 0 saturated heterocycles. The van der Waals surface area contributed by atoms with Gasteiger partial charge in [0.05, 0.1) is 33.1 Å². The highest BCUT2D eigenvalue weighted by molar-refractivity contribution is 7.25. The fraction of sp³-hybridized carbons (Fsp3) is 0. The van der Waals surface area contributed by atoms with Gasteiger partial charge >= 0.3 is 0 Å². The highest BCUT2D eigenvalue weighted by Gasteiger charge is 2.21. The van der Waals surface area contributed by atoms with E-state index in [1.165, 1.54) is 63.5 Å². The van der Waals surface area contributed by atoms with E-state index in [1.807, 2.05) is 23.5 Å². The maximum atomic E-state index is 5.40. The number of benzene rings is 8. The van der Waals surface area contributed by atoms with Crippen LogP contribution in [0.15, 0.2) is 170 Å². The van der Waals surface area contributed by atoms with Crippen molar-refractivity contribution in [1.82, 2.24) is 19.1 Å². The normalized spacial score (nSPS) is 12.2. The van der Waals surface area contributed by atoms with Crippen LogP contribution in [0.25, 0.3) is 108 Å². The minimum Gasteiger partial charge on any atom is -0.309 e. The molecule has 12 rings (SSSR count). The molecule has 8 aromatic carbocycles. The molecule has 5 heteroatoms. The molecule has 0 radical (unpaired) electrons. The third-order valence-corrected chi connectivity index (χ3v) is 12.0. The summed E-state index contributed by atoms with van der Waals surface area (Å²) >= 11 is 1.83. The van der Waals surface area contributed by atoms with Gasteiger partial charge in [-0.2, -0.15) is 0 Å². The highest BCUT2D eigenvalue weighted by atomic mass is 32.1. The molecule has 0 atom stereocenters. The van der Waals surface area contributed by atoms with Crippen molar-refractivity contribution in [3.05, 3.63) is 170 Å². The molecule has 0 aliphatic carbocycles. The van der Waals surface area contributed by atoms with Gasteiger partial charge in [0, 0.05) is 53.0 Å². The molecule has 4 nitrogen and oxygen atoms in total. The lowest BCUT2D eigenvalue weighted by Gasteiger charge is -2.14. The van der Waals surface area contributed by atoms with Crippen molar-refractivity contribution in [2.45, 2.75) is 0 Å². The molecule has 0 fully saturated rings.